The molecule has 0 aromatic heterocycles. The summed E-state index contributed by atoms with van der Waals surface area (Å²) in [5, 5.41) is -0.877. The topological polar surface area (TPSA) is 51.2 Å². The van der Waals surface area contributed by atoms with Gasteiger partial charge in [0.05, 0.1) is 0 Å². The summed E-state index contributed by atoms with van der Waals surface area (Å²) in [5.74, 6) is -0.190. The van der Waals surface area contributed by atoms with Gasteiger partial charge in [-0.05, 0) is 6.92 Å². The van der Waals surface area contributed by atoms with Crippen molar-refractivity contribution >= 4 is 15.6 Å². The number of sulfone groups is 1. The predicted octanol–water partition coefficient (Wildman–Crippen LogP) is 1.42. The summed E-state index contributed by atoms with van der Waals surface area (Å²) in [6.45, 7) is 8.22. The molecular weight excluding hydrogens is 188 g/mol. The maximum absolute atomic E-state index is 11.6. The van der Waals surface area contributed by atoms with Crippen molar-refractivity contribution in [3.8, 4) is 0 Å². The molecule has 13 heavy (non-hydrogen) atoms. The van der Waals surface area contributed by atoms with Crippen molar-refractivity contribution in [1.29, 1.82) is 0 Å². The van der Waals surface area contributed by atoms with Crippen LogP contribution in [0.1, 0.15) is 34.6 Å². The highest BCUT2D eigenvalue weighted by Gasteiger charge is 2.33. The van der Waals surface area contributed by atoms with Crippen LogP contribution in [0.25, 0.3) is 0 Å². The maximum Gasteiger partial charge on any atom is 0.159 e. The highest BCUT2D eigenvalue weighted by molar-refractivity contribution is 7.92. The molecule has 0 unspecified atom stereocenters. The molecule has 0 aliphatic rings. The molecule has 0 aromatic rings. The zero-order valence-electron chi connectivity index (χ0n) is 8.92. The van der Waals surface area contributed by atoms with Crippen LogP contribution >= 0.6 is 0 Å². The van der Waals surface area contributed by atoms with Gasteiger partial charge in [-0.3, -0.25) is 4.79 Å². The Morgan fingerprint density at radius 1 is 1.31 bits per heavy atom. The lowest BCUT2D eigenvalue weighted by molar-refractivity contribution is -0.125. The van der Waals surface area contributed by atoms with Gasteiger partial charge < -0.3 is 0 Å². The first kappa shape index (κ1) is 12.6. The normalized spacial score (nSPS) is 15.5. The molecule has 0 aliphatic carbocycles. The van der Waals surface area contributed by atoms with Gasteiger partial charge in [0.25, 0.3) is 0 Å². The summed E-state index contributed by atoms with van der Waals surface area (Å²) in [6, 6.07) is 0. The maximum atomic E-state index is 11.6. The van der Waals surface area contributed by atoms with Gasteiger partial charge in [0, 0.05) is 11.2 Å². The van der Waals surface area contributed by atoms with Crippen LogP contribution in [0.4, 0.5) is 0 Å². The molecule has 1 atom stereocenters. The molecule has 0 bridgehead atoms. The van der Waals surface area contributed by atoms with Gasteiger partial charge >= 0.3 is 0 Å². The minimum Gasteiger partial charge on any atom is -0.298 e. The Balaban J connectivity index is 4.84. The van der Waals surface area contributed by atoms with E-state index in [1.807, 2.05) is 0 Å². The van der Waals surface area contributed by atoms with Crippen molar-refractivity contribution in [3.05, 3.63) is 0 Å². The van der Waals surface area contributed by atoms with Gasteiger partial charge in [0.1, 0.15) is 5.25 Å². The number of rotatable bonds is 3. The van der Waals surface area contributed by atoms with E-state index in [-0.39, 0.29) is 11.5 Å². The van der Waals surface area contributed by atoms with E-state index in [0.717, 1.165) is 0 Å². The van der Waals surface area contributed by atoms with Crippen LogP contribution in [0.5, 0.6) is 0 Å². The summed E-state index contributed by atoms with van der Waals surface area (Å²) in [6.07, 6.45) is 0. The fourth-order valence-corrected chi connectivity index (χ4v) is 2.20. The van der Waals surface area contributed by atoms with Crippen molar-refractivity contribution in [2.45, 2.75) is 39.9 Å². The quantitative estimate of drug-likeness (QED) is 0.701. The molecule has 0 spiro atoms. The van der Waals surface area contributed by atoms with Gasteiger partial charge in [-0.15, -0.1) is 0 Å². The van der Waals surface area contributed by atoms with Crippen molar-refractivity contribution in [2.24, 2.45) is 5.41 Å². The van der Waals surface area contributed by atoms with E-state index in [4.69, 9.17) is 0 Å². The molecule has 4 heteroatoms. The van der Waals surface area contributed by atoms with Crippen LogP contribution in [0.2, 0.25) is 0 Å². The van der Waals surface area contributed by atoms with Crippen LogP contribution in [0.15, 0.2) is 0 Å². The molecule has 0 radical (unpaired) electrons. The van der Waals surface area contributed by atoms with E-state index in [9.17, 15) is 13.2 Å². The molecule has 0 aromatic carbocycles. The average molecular weight is 206 g/mol. The summed E-state index contributed by atoms with van der Waals surface area (Å²) < 4.78 is 22.7. The van der Waals surface area contributed by atoms with E-state index >= 15 is 0 Å². The first-order valence-electron chi connectivity index (χ1n) is 4.38. The Hall–Kier alpha value is -0.380. The Morgan fingerprint density at radius 2 is 1.69 bits per heavy atom. The van der Waals surface area contributed by atoms with Crippen molar-refractivity contribution < 1.29 is 13.2 Å². The lowest BCUT2D eigenvalue weighted by Gasteiger charge is -2.21. The molecule has 0 heterocycles. The number of ketones is 1. The van der Waals surface area contributed by atoms with E-state index in [0.29, 0.717) is 0 Å². The SMILES string of the molecule is CCS(=O)(=O)[C@@H](C)C(=O)C(C)(C)C. The van der Waals surface area contributed by atoms with Crippen LogP contribution in [0.3, 0.4) is 0 Å². The lowest BCUT2D eigenvalue weighted by Crippen LogP contribution is -2.36. The molecule has 0 aliphatic heterocycles. The standard InChI is InChI=1S/C9H18O3S/c1-6-13(11,12)7(2)8(10)9(3,4)5/h7H,6H2,1-5H3/t7-/m0/s1. The molecule has 0 saturated carbocycles. The summed E-state index contributed by atoms with van der Waals surface area (Å²) >= 11 is 0. The molecule has 0 N–H and O–H groups in total. The van der Waals surface area contributed by atoms with E-state index in [1.54, 1.807) is 27.7 Å². The molecular formula is C9H18O3S. The fraction of sp³-hybridized carbons (Fsp3) is 0.889. The molecule has 0 fully saturated rings. The van der Waals surface area contributed by atoms with Crippen molar-refractivity contribution in [3.63, 3.8) is 0 Å². The summed E-state index contributed by atoms with van der Waals surface area (Å²) in [4.78, 5) is 11.6. The smallest absolute Gasteiger partial charge is 0.159 e. The largest absolute Gasteiger partial charge is 0.298 e. The Bertz CT molecular complexity index is 282. The van der Waals surface area contributed by atoms with Gasteiger partial charge in [-0.1, -0.05) is 27.7 Å². The first-order valence-corrected chi connectivity index (χ1v) is 6.10. The number of carbonyl (C=O) groups is 1. The average Bonchev–Trinajstić information content (AvgIpc) is 2.00. The van der Waals surface area contributed by atoms with E-state index < -0.39 is 20.5 Å². The number of carbonyl (C=O) groups excluding carboxylic acids is 1. The molecule has 3 nitrogen and oxygen atoms in total. The van der Waals surface area contributed by atoms with Crippen molar-refractivity contribution in [2.75, 3.05) is 5.75 Å². The predicted molar refractivity (Wildman–Crippen MR) is 53.4 cm³/mol. The molecule has 0 rings (SSSR count). The van der Waals surface area contributed by atoms with Gasteiger partial charge in [0.2, 0.25) is 0 Å². The van der Waals surface area contributed by atoms with Gasteiger partial charge in [-0.2, -0.15) is 0 Å². The second kappa shape index (κ2) is 3.78. The Morgan fingerprint density at radius 3 is 1.92 bits per heavy atom. The Labute approximate surface area is 80.4 Å². The molecule has 78 valence electrons. The highest BCUT2D eigenvalue weighted by Crippen LogP contribution is 2.20. The van der Waals surface area contributed by atoms with Gasteiger partial charge in [-0.25, -0.2) is 8.42 Å². The molecule has 0 saturated heterocycles. The van der Waals surface area contributed by atoms with Crippen LogP contribution in [-0.2, 0) is 14.6 Å². The highest BCUT2D eigenvalue weighted by atomic mass is 32.2. The fourth-order valence-electron chi connectivity index (χ4n) is 1.02. The third-order valence-electron chi connectivity index (χ3n) is 2.05. The number of Topliss-reactive ketones (excluding diaryl/α,β-unsaturated/α-hetero) is 1. The van der Waals surface area contributed by atoms with Gasteiger partial charge in [0.15, 0.2) is 15.6 Å². The number of hydrogen-bond acceptors (Lipinski definition) is 3. The van der Waals surface area contributed by atoms with Crippen LogP contribution < -0.4 is 0 Å². The van der Waals surface area contributed by atoms with Crippen molar-refractivity contribution in [1.82, 2.24) is 0 Å². The van der Waals surface area contributed by atoms with Crippen LogP contribution in [0, 0.1) is 5.41 Å². The Kier molecular flexibility index (Phi) is 3.67. The second-order valence-corrected chi connectivity index (χ2v) is 6.82. The van der Waals surface area contributed by atoms with Crippen LogP contribution in [-0.4, -0.2) is 25.2 Å². The minimum atomic E-state index is -3.23. The summed E-state index contributed by atoms with van der Waals surface area (Å²) in [5.41, 5.74) is -0.582. The third kappa shape index (κ3) is 3.10. The third-order valence-corrected chi connectivity index (χ3v) is 4.15. The number of hydrogen-bond donors (Lipinski definition) is 0. The zero-order chi connectivity index (χ0) is 10.9. The summed E-state index contributed by atoms with van der Waals surface area (Å²) in [7, 11) is -3.23. The first-order chi connectivity index (χ1) is 5.63. The lowest BCUT2D eigenvalue weighted by atomic mass is 9.89. The zero-order valence-corrected chi connectivity index (χ0v) is 9.73. The van der Waals surface area contributed by atoms with E-state index in [2.05, 4.69) is 0 Å². The second-order valence-electron chi connectivity index (χ2n) is 4.21. The minimum absolute atomic E-state index is 0.0238. The van der Waals surface area contributed by atoms with E-state index in [1.165, 1.54) is 6.92 Å². The molecule has 0 amide bonds. The monoisotopic (exact) mass is 206 g/mol.